The molecule has 1 heterocycles. The molecule has 0 atom stereocenters. The number of nitrogens with zero attached hydrogens (tertiary/aromatic N) is 2. The summed E-state index contributed by atoms with van der Waals surface area (Å²) < 4.78 is 13.0. The van der Waals surface area contributed by atoms with Crippen LogP contribution in [-0.2, 0) is 0 Å². The van der Waals surface area contributed by atoms with Crippen molar-refractivity contribution >= 4 is 16.6 Å². The van der Waals surface area contributed by atoms with E-state index in [0.717, 1.165) is 12.1 Å². The van der Waals surface area contributed by atoms with Gasteiger partial charge in [-0.25, -0.2) is 0 Å². The molecule has 1 N–H and O–H groups in total. The Morgan fingerprint density at radius 1 is 1.54 bits per heavy atom. The lowest BCUT2D eigenvalue weighted by Gasteiger charge is -1.92. The molecule has 6 heteroatoms. The molecule has 13 heavy (non-hydrogen) atoms. The van der Waals surface area contributed by atoms with Crippen LogP contribution in [0.3, 0.4) is 0 Å². The molecular formula is C7H4FN3O2. The Morgan fingerprint density at radius 3 is 3.00 bits per heavy atom. The highest BCUT2D eigenvalue weighted by atomic mass is 19.1. The van der Waals surface area contributed by atoms with Crippen LogP contribution in [0.25, 0.3) is 10.9 Å². The van der Waals surface area contributed by atoms with Crippen molar-refractivity contribution < 1.29 is 9.31 Å². The van der Waals surface area contributed by atoms with Gasteiger partial charge in [-0.15, -0.1) is 0 Å². The first-order valence-corrected chi connectivity index (χ1v) is 3.45. The fraction of sp³-hybridized carbons (Fsp3) is 0. The monoisotopic (exact) mass is 181 g/mol. The van der Waals surface area contributed by atoms with Gasteiger partial charge in [0.15, 0.2) is 0 Å². The average molecular weight is 181 g/mol. The van der Waals surface area contributed by atoms with Gasteiger partial charge in [-0.3, -0.25) is 15.2 Å². The number of halogens is 1. The van der Waals surface area contributed by atoms with Crippen LogP contribution < -0.4 is 0 Å². The standard InChI is InChI=1S/C7H4FN3O2/c8-5-1-4-3-9-10-6(4)2-7(5)11(12)13/h1-3H,(H,9,10). The molecule has 0 aliphatic carbocycles. The molecule has 0 aliphatic heterocycles. The smallest absolute Gasteiger partial charge is 0.278 e. The van der Waals surface area contributed by atoms with E-state index in [9.17, 15) is 14.5 Å². The number of rotatable bonds is 1. The molecule has 0 radical (unpaired) electrons. The van der Waals surface area contributed by atoms with Gasteiger partial charge in [0.05, 0.1) is 16.6 Å². The maximum absolute atomic E-state index is 13.0. The second-order valence-electron chi connectivity index (χ2n) is 2.52. The summed E-state index contributed by atoms with van der Waals surface area (Å²) in [6.45, 7) is 0. The first-order valence-electron chi connectivity index (χ1n) is 3.45. The fourth-order valence-corrected chi connectivity index (χ4v) is 1.09. The van der Waals surface area contributed by atoms with Gasteiger partial charge in [0, 0.05) is 11.5 Å². The van der Waals surface area contributed by atoms with E-state index in [-0.39, 0.29) is 0 Å². The number of fused-ring (bicyclic) bond motifs is 1. The SMILES string of the molecule is O=[N+]([O-])c1cc2[nH]ncc2cc1F. The highest BCUT2D eigenvalue weighted by Crippen LogP contribution is 2.22. The van der Waals surface area contributed by atoms with Crippen LogP contribution in [-0.4, -0.2) is 15.1 Å². The zero-order valence-electron chi connectivity index (χ0n) is 6.32. The molecule has 0 saturated carbocycles. The molecule has 0 aliphatic rings. The highest BCUT2D eigenvalue weighted by molar-refractivity contribution is 5.80. The summed E-state index contributed by atoms with van der Waals surface area (Å²) in [4.78, 5) is 9.55. The van der Waals surface area contributed by atoms with Crippen LogP contribution in [0.5, 0.6) is 0 Å². The van der Waals surface area contributed by atoms with Crippen molar-refractivity contribution in [3.8, 4) is 0 Å². The van der Waals surface area contributed by atoms with Gasteiger partial charge in [-0.1, -0.05) is 0 Å². The van der Waals surface area contributed by atoms with Gasteiger partial charge in [-0.2, -0.15) is 9.49 Å². The zero-order valence-corrected chi connectivity index (χ0v) is 6.32. The molecule has 5 nitrogen and oxygen atoms in total. The van der Waals surface area contributed by atoms with Crippen molar-refractivity contribution in [1.82, 2.24) is 10.2 Å². The number of hydrogen-bond donors (Lipinski definition) is 1. The van der Waals surface area contributed by atoms with Gasteiger partial charge in [-0.05, 0) is 6.07 Å². The number of nitro groups is 1. The lowest BCUT2D eigenvalue weighted by Crippen LogP contribution is -1.91. The van der Waals surface area contributed by atoms with Crippen LogP contribution >= 0.6 is 0 Å². The molecule has 0 amide bonds. The number of benzene rings is 1. The van der Waals surface area contributed by atoms with Crippen LogP contribution in [0.2, 0.25) is 0 Å². The maximum atomic E-state index is 13.0. The first kappa shape index (κ1) is 7.66. The molecule has 0 saturated heterocycles. The Hall–Kier alpha value is -1.98. The normalized spacial score (nSPS) is 10.5. The molecule has 2 rings (SSSR count). The number of hydrogen-bond acceptors (Lipinski definition) is 3. The molecule has 1 aromatic heterocycles. The number of nitrogens with one attached hydrogen (secondary N) is 1. The quantitative estimate of drug-likeness (QED) is 0.536. The lowest BCUT2D eigenvalue weighted by atomic mass is 10.2. The van der Waals surface area contributed by atoms with Crippen LogP contribution in [0.1, 0.15) is 0 Å². The summed E-state index contributed by atoms with van der Waals surface area (Å²) in [5.74, 6) is -0.848. The van der Waals surface area contributed by atoms with E-state index in [0.29, 0.717) is 10.9 Å². The Labute approximate surface area is 71.3 Å². The van der Waals surface area contributed by atoms with Crippen LogP contribution in [0.15, 0.2) is 18.3 Å². The third-order valence-corrected chi connectivity index (χ3v) is 1.70. The summed E-state index contributed by atoms with van der Waals surface area (Å²) in [7, 11) is 0. The highest BCUT2D eigenvalue weighted by Gasteiger charge is 2.15. The molecule has 0 spiro atoms. The molecular weight excluding hydrogens is 177 g/mol. The predicted molar refractivity (Wildman–Crippen MR) is 42.7 cm³/mol. The van der Waals surface area contributed by atoms with E-state index in [1.54, 1.807) is 0 Å². The summed E-state index contributed by atoms with van der Waals surface area (Å²) in [5.41, 5.74) is -0.0927. The second kappa shape index (κ2) is 2.51. The number of aromatic nitrogens is 2. The molecule has 0 bridgehead atoms. The minimum Gasteiger partial charge on any atom is -0.278 e. The van der Waals surface area contributed by atoms with Gasteiger partial charge in [0.2, 0.25) is 5.82 Å². The van der Waals surface area contributed by atoms with Crippen molar-refractivity contribution in [1.29, 1.82) is 0 Å². The summed E-state index contributed by atoms with van der Waals surface area (Å²) in [5, 5.41) is 17.0. The third kappa shape index (κ3) is 1.12. The number of H-pyrrole nitrogens is 1. The third-order valence-electron chi connectivity index (χ3n) is 1.70. The molecule has 66 valence electrons. The van der Waals surface area contributed by atoms with Crippen molar-refractivity contribution in [3.63, 3.8) is 0 Å². The van der Waals surface area contributed by atoms with Gasteiger partial charge in [0.1, 0.15) is 0 Å². The Bertz CT molecular complexity index is 480. The van der Waals surface area contributed by atoms with Gasteiger partial charge in [0.25, 0.3) is 0 Å². The number of nitro benzene ring substituents is 1. The summed E-state index contributed by atoms with van der Waals surface area (Å²) >= 11 is 0. The largest absolute Gasteiger partial charge is 0.306 e. The Kier molecular flexibility index (Phi) is 1.48. The molecule has 0 unspecified atom stereocenters. The van der Waals surface area contributed by atoms with Crippen LogP contribution in [0.4, 0.5) is 10.1 Å². The molecule has 0 fully saturated rings. The topological polar surface area (TPSA) is 71.8 Å². The van der Waals surface area contributed by atoms with Crippen molar-refractivity contribution in [2.75, 3.05) is 0 Å². The molecule has 1 aromatic carbocycles. The van der Waals surface area contributed by atoms with E-state index in [1.165, 1.54) is 6.20 Å². The van der Waals surface area contributed by atoms with E-state index < -0.39 is 16.4 Å². The minimum absolute atomic E-state index is 0.452. The van der Waals surface area contributed by atoms with E-state index >= 15 is 0 Å². The van der Waals surface area contributed by atoms with Crippen molar-refractivity contribution in [2.24, 2.45) is 0 Å². The van der Waals surface area contributed by atoms with E-state index in [1.807, 2.05) is 0 Å². The number of aromatic amines is 1. The van der Waals surface area contributed by atoms with Crippen molar-refractivity contribution in [3.05, 3.63) is 34.3 Å². The first-order chi connectivity index (χ1) is 6.18. The summed E-state index contributed by atoms with van der Waals surface area (Å²) in [6, 6.07) is 2.20. The Morgan fingerprint density at radius 2 is 2.31 bits per heavy atom. The molecule has 2 aromatic rings. The van der Waals surface area contributed by atoms with Gasteiger partial charge < -0.3 is 0 Å². The average Bonchev–Trinajstić information content (AvgIpc) is 2.48. The van der Waals surface area contributed by atoms with Gasteiger partial charge >= 0.3 is 5.69 Å². The fourth-order valence-electron chi connectivity index (χ4n) is 1.09. The minimum atomic E-state index is -0.848. The maximum Gasteiger partial charge on any atom is 0.306 e. The summed E-state index contributed by atoms with van der Waals surface area (Å²) in [6.07, 6.45) is 1.40. The van der Waals surface area contributed by atoms with E-state index in [2.05, 4.69) is 10.2 Å². The van der Waals surface area contributed by atoms with E-state index in [4.69, 9.17) is 0 Å². The van der Waals surface area contributed by atoms with Crippen LogP contribution in [0, 0.1) is 15.9 Å². The van der Waals surface area contributed by atoms with Crippen molar-refractivity contribution in [2.45, 2.75) is 0 Å². The zero-order chi connectivity index (χ0) is 9.42. The second-order valence-corrected chi connectivity index (χ2v) is 2.52. The Balaban J connectivity index is 2.76. The predicted octanol–water partition coefficient (Wildman–Crippen LogP) is 1.61. The lowest BCUT2D eigenvalue weighted by molar-refractivity contribution is -0.387.